The van der Waals surface area contributed by atoms with Crippen LogP contribution >= 0.6 is 15.9 Å². The Balaban J connectivity index is 3.36. The topological polar surface area (TPSA) is 66.1 Å². The second-order valence-electron chi connectivity index (χ2n) is 2.45. The molecule has 2 N–H and O–H groups in total. The number of nitrogen functional groups attached to an aromatic ring is 1. The third-order valence-electron chi connectivity index (χ3n) is 1.62. The van der Waals surface area contributed by atoms with Crippen LogP contribution in [0.2, 0.25) is 0 Å². The Bertz CT molecular complexity index is 336. The quantitative estimate of drug-likeness (QED) is 0.721. The van der Waals surface area contributed by atoms with Crippen molar-refractivity contribution in [3.05, 3.63) is 27.7 Å². The number of anilines is 1. The Morgan fingerprint density at radius 2 is 2.17 bits per heavy atom. The number of carboxylic acid groups (broad SMARTS) is 1. The summed E-state index contributed by atoms with van der Waals surface area (Å²) in [6.07, 6.45) is 0. The Morgan fingerprint density at radius 1 is 1.58 bits per heavy atom. The Hall–Kier alpha value is -1.03. The molecule has 64 valence electrons. The molecule has 1 aromatic carbocycles. The van der Waals surface area contributed by atoms with E-state index in [9.17, 15) is 9.90 Å². The van der Waals surface area contributed by atoms with Crippen molar-refractivity contribution >= 4 is 27.6 Å². The van der Waals surface area contributed by atoms with Crippen LogP contribution in [0.3, 0.4) is 0 Å². The molecule has 0 fully saturated rings. The molecular weight excluding hydrogens is 222 g/mol. The molecule has 4 heteroatoms. The molecule has 0 heterocycles. The van der Waals surface area contributed by atoms with Crippen LogP contribution in [0.5, 0.6) is 0 Å². The van der Waals surface area contributed by atoms with Gasteiger partial charge in [0.2, 0.25) is 0 Å². The normalized spacial score (nSPS) is 9.83. The molecule has 0 aliphatic rings. The van der Waals surface area contributed by atoms with Crippen molar-refractivity contribution in [1.82, 2.24) is 0 Å². The Morgan fingerprint density at radius 3 is 2.67 bits per heavy atom. The second kappa shape index (κ2) is 3.15. The monoisotopic (exact) mass is 228 g/mol. The third-order valence-corrected chi connectivity index (χ3v) is 2.47. The average molecular weight is 229 g/mol. The SMILES string of the molecule is Cc1ccc(C(=O)[O-])c(Br)c1N. The molecule has 0 amide bonds. The van der Waals surface area contributed by atoms with Gasteiger partial charge >= 0.3 is 0 Å². The molecule has 0 aliphatic heterocycles. The van der Waals surface area contributed by atoms with Gasteiger partial charge in [-0.05, 0) is 28.4 Å². The van der Waals surface area contributed by atoms with Crippen LogP contribution in [-0.2, 0) is 0 Å². The average Bonchev–Trinajstić information content (AvgIpc) is 2.00. The number of aromatic carboxylic acids is 1. The van der Waals surface area contributed by atoms with Crippen molar-refractivity contribution in [1.29, 1.82) is 0 Å². The molecule has 1 rings (SSSR count). The van der Waals surface area contributed by atoms with E-state index in [1.165, 1.54) is 6.07 Å². The van der Waals surface area contributed by atoms with E-state index in [0.29, 0.717) is 10.2 Å². The molecule has 0 saturated heterocycles. The lowest BCUT2D eigenvalue weighted by Crippen LogP contribution is -2.23. The summed E-state index contributed by atoms with van der Waals surface area (Å²) < 4.78 is 0.391. The second-order valence-corrected chi connectivity index (χ2v) is 3.24. The molecule has 0 unspecified atom stereocenters. The van der Waals surface area contributed by atoms with Gasteiger partial charge in [-0.1, -0.05) is 12.1 Å². The van der Waals surface area contributed by atoms with Gasteiger partial charge in [0.05, 0.1) is 5.97 Å². The summed E-state index contributed by atoms with van der Waals surface area (Å²) in [4.78, 5) is 10.5. The molecule has 1 aromatic rings. The van der Waals surface area contributed by atoms with Crippen molar-refractivity contribution < 1.29 is 9.90 Å². The number of benzene rings is 1. The molecule has 0 spiro atoms. The molecule has 0 aliphatic carbocycles. The van der Waals surface area contributed by atoms with Crippen LogP contribution in [0, 0.1) is 6.92 Å². The summed E-state index contributed by atoms with van der Waals surface area (Å²) in [6.45, 7) is 1.80. The molecule has 3 nitrogen and oxygen atoms in total. The van der Waals surface area contributed by atoms with E-state index in [4.69, 9.17) is 5.73 Å². The van der Waals surface area contributed by atoms with E-state index in [2.05, 4.69) is 15.9 Å². The number of carbonyl (C=O) groups excluding carboxylic acids is 1. The fourth-order valence-electron chi connectivity index (χ4n) is 0.847. The van der Waals surface area contributed by atoms with Crippen LogP contribution in [0.15, 0.2) is 16.6 Å². The zero-order chi connectivity index (χ0) is 9.30. The lowest BCUT2D eigenvalue weighted by atomic mass is 10.1. The molecular formula is C8H7BrNO2-. The number of hydrogen-bond donors (Lipinski definition) is 1. The van der Waals surface area contributed by atoms with Gasteiger partial charge in [0.1, 0.15) is 0 Å². The van der Waals surface area contributed by atoms with Gasteiger partial charge in [-0.25, -0.2) is 0 Å². The van der Waals surface area contributed by atoms with Gasteiger partial charge in [-0.2, -0.15) is 0 Å². The zero-order valence-electron chi connectivity index (χ0n) is 6.43. The van der Waals surface area contributed by atoms with Crippen LogP contribution in [-0.4, -0.2) is 5.97 Å². The number of halogens is 1. The highest BCUT2D eigenvalue weighted by molar-refractivity contribution is 9.10. The minimum atomic E-state index is -1.23. The van der Waals surface area contributed by atoms with E-state index in [0.717, 1.165) is 5.56 Å². The number of carbonyl (C=O) groups is 1. The predicted molar refractivity (Wildman–Crippen MR) is 47.6 cm³/mol. The number of aryl methyl sites for hydroxylation is 1. The molecule has 12 heavy (non-hydrogen) atoms. The fourth-order valence-corrected chi connectivity index (χ4v) is 1.45. The number of hydrogen-bond acceptors (Lipinski definition) is 3. The van der Waals surface area contributed by atoms with Crippen molar-refractivity contribution in [2.75, 3.05) is 5.73 Å². The van der Waals surface area contributed by atoms with Gasteiger partial charge in [-0.15, -0.1) is 0 Å². The fraction of sp³-hybridized carbons (Fsp3) is 0.125. The Labute approximate surface area is 78.3 Å². The minimum Gasteiger partial charge on any atom is -0.545 e. The molecule has 0 bridgehead atoms. The highest BCUT2D eigenvalue weighted by Gasteiger charge is 2.05. The lowest BCUT2D eigenvalue weighted by molar-refractivity contribution is -0.255. The van der Waals surface area contributed by atoms with Gasteiger partial charge in [0.25, 0.3) is 0 Å². The summed E-state index contributed by atoms with van der Waals surface area (Å²) in [5, 5.41) is 10.5. The van der Waals surface area contributed by atoms with Gasteiger partial charge in [-0.3, -0.25) is 0 Å². The zero-order valence-corrected chi connectivity index (χ0v) is 8.01. The maximum absolute atomic E-state index is 10.5. The van der Waals surface area contributed by atoms with Crippen molar-refractivity contribution in [2.24, 2.45) is 0 Å². The standard InChI is InChI=1S/C8H8BrNO2/c1-4-2-3-5(8(11)12)6(9)7(4)10/h2-3H,10H2,1H3,(H,11,12)/p-1. The number of carboxylic acids is 1. The van der Waals surface area contributed by atoms with Crippen LogP contribution in [0.4, 0.5) is 5.69 Å². The summed E-state index contributed by atoms with van der Waals surface area (Å²) in [5.41, 5.74) is 6.95. The van der Waals surface area contributed by atoms with Crippen molar-refractivity contribution in [3.63, 3.8) is 0 Å². The summed E-state index contributed by atoms with van der Waals surface area (Å²) in [5.74, 6) is -1.23. The highest BCUT2D eigenvalue weighted by atomic mass is 79.9. The van der Waals surface area contributed by atoms with Crippen molar-refractivity contribution in [3.8, 4) is 0 Å². The van der Waals surface area contributed by atoms with E-state index in [-0.39, 0.29) is 5.56 Å². The van der Waals surface area contributed by atoms with E-state index >= 15 is 0 Å². The molecule has 0 radical (unpaired) electrons. The summed E-state index contributed by atoms with van der Waals surface area (Å²) in [7, 11) is 0. The van der Waals surface area contributed by atoms with Crippen molar-refractivity contribution in [2.45, 2.75) is 6.92 Å². The summed E-state index contributed by atoms with van der Waals surface area (Å²) in [6, 6.07) is 3.11. The largest absolute Gasteiger partial charge is 0.545 e. The maximum atomic E-state index is 10.5. The van der Waals surface area contributed by atoms with E-state index < -0.39 is 5.97 Å². The van der Waals surface area contributed by atoms with Crippen LogP contribution in [0.25, 0.3) is 0 Å². The first kappa shape index (κ1) is 9.06. The number of nitrogens with two attached hydrogens (primary N) is 1. The molecule has 0 saturated carbocycles. The van der Waals surface area contributed by atoms with Crippen LogP contribution in [0.1, 0.15) is 15.9 Å². The minimum absolute atomic E-state index is 0.0816. The number of rotatable bonds is 1. The van der Waals surface area contributed by atoms with Gasteiger partial charge in [0.15, 0.2) is 0 Å². The molecule has 0 atom stereocenters. The van der Waals surface area contributed by atoms with Gasteiger partial charge < -0.3 is 15.6 Å². The predicted octanol–water partition coefficient (Wildman–Crippen LogP) is 0.703. The smallest absolute Gasteiger partial charge is 0.0727 e. The van der Waals surface area contributed by atoms with Crippen LogP contribution < -0.4 is 10.8 Å². The molecule has 0 aromatic heterocycles. The maximum Gasteiger partial charge on any atom is 0.0727 e. The van der Waals surface area contributed by atoms with Gasteiger partial charge in [0, 0.05) is 15.7 Å². The first-order valence-corrected chi connectivity index (χ1v) is 4.09. The third kappa shape index (κ3) is 1.43. The highest BCUT2D eigenvalue weighted by Crippen LogP contribution is 2.26. The lowest BCUT2D eigenvalue weighted by Gasteiger charge is -2.09. The summed E-state index contributed by atoms with van der Waals surface area (Å²) >= 11 is 3.09. The first-order valence-electron chi connectivity index (χ1n) is 3.30. The Kier molecular flexibility index (Phi) is 2.38. The van der Waals surface area contributed by atoms with E-state index in [1.54, 1.807) is 13.0 Å². The first-order chi connectivity index (χ1) is 5.54. The van der Waals surface area contributed by atoms with E-state index in [1.807, 2.05) is 0 Å².